The number of carboxylic acids is 1. The van der Waals surface area contributed by atoms with Crippen LogP contribution in [0.1, 0.15) is 40.5 Å². The van der Waals surface area contributed by atoms with Crippen LogP contribution in [0.15, 0.2) is 60.0 Å². The molecule has 1 aliphatic carbocycles. The molecule has 0 saturated heterocycles. The Morgan fingerprint density at radius 2 is 1.71 bits per heavy atom. The predicted octanol–water partition coefficient (Wildman–Crippen LogP) is 4.19. The van der Waals surface area contributed by atoms with Gasteiger partial charge in [0, 0.05) is 17.3 Å². The highest BCUT2D eigenvalue weighted by atomic mass is 32.1. The Bertz CT molecular complexity index is 1220. The summed E-state index contributed by atoms with van der Waals surface area (Å²) in [5.74, 6) is -1.61. The Morgan fingerprint density at radius 1 is 1.06 bits per heavy atom. The van der Waals surface area contributed by atoms with Crippen molar-refractivity contribution in [3.63, 3.8) is 0 Å². The number of benzene rings is 2. The number of aliphatic carboxylic acids is 1. The first-order valence-electron chi connectivity index (χ1n) is 11.2. The molecule has 174 valence electrons. The van der Waals surface area contributed by atoms with Crippen LogP contribution in [0.3, 0.4) is 0 Å². The molecule has 2 unspecified atom stereocenters. The maximum Gasteiger partial charge on any atom is 0.407 e. The van der Waals surface area contributed by atoms with E-state index < -0.39 is 30.1 Å². The van der Waals surface area contributed by atoms with E-state index >= 15 is 0 Å². The highest BCUT2D eigenvalue weighted by molar-refractivity contribution is 7.10. The fraction of sp³-hybridized carbons (Fsp3) is 0.269. The molecule has 2 heterocycles. The van der Waals surface area contributed by atoms with Crippen LogP contribution in [0.5, 0.6) is 0 Å². The molecule has 8 heteroatoms. The van der Waals surface area contributed by atoms with Gasteiger partial charge in [0.1, 0.15) is 12.6 Å². The van der Waals surface area contributed by atoms with Gasteiger partial charge in [-0.15, -0.1) is 11.3 Å². The summed E-state index contributed by atoms with van der Waals surface area (Å²) in [6.45, 7) is 1.98. The van der Waals surface area contributed by atoms with Crippen molar-refractivity contribution in [3.8, 4) is 11.1 Å². The molecule has 34 heavy (non-hydrogen) atoms. The van der Waals surface area contributed by atoms with Gasteiger partial charge in [0.25, 0.3) is 0 Å². The van der Waals surface area contributed by atoms with Crippen molar-refractivity contribution in [1.82, 2.24) is 10.2 Å². The lowest BCUT2D eigenvalue weighted by atomic mass is 9.98. The smallest absolute Gasteiger partial charge is 0.407 e. The van der Waals surface area contributed by atoms with Gasteiger partial charge >= 0.3 is 12.1 Å². The second-order valence-corrected chi connectivity index (χ2v) is 9.51. The SMILES string of the molecule is CC(NC(=O)OCC1c2ccccc2-c2ccccc21)C(=O)N1CCc2sccc2C1C(=O)O. The highest BCUT2D eigenvalue weighted by Crippen LogP contribution is 2.44. The molecule has 2 N–H and O–H groups in total. The lowest BCUT2D eigenvalue weighted by Gasteiger charge is -2.34. The van der Waals surface area contributed by atoms with Gasteiger partial charge in [0.05, 0.1) is 0 Å². The molecule has 2 atom stereocenters. The average Bonchev–Trinajstić information content (AvgIpc) is 3.44. The molecule has 0 saturated carbocycles. The number of carboxylic acid groups (broad SMARTS) is 1. The Kier molecular flexibility index (Phi) is 5.83. The largest absolute Gasteiger partial charge is 0.479 e. The quantitative estimate of drug-likeness (QED) is 0.576. The van der Waals surface area contributed by atoms with E-state index in [2.05, 4.69) is 17.4 Å². The predicted molar refractivity (Wildman–Crippen MR) is 128 cm³/mol. The molecule has 0 bridgehead atoms. The summed E-state index contributed by atoms with van der Waals surface area (Å²) in [5, 5.41) is 14.2. The van der Waals surface area contributed by atoms with Gasteiger partial charge in [0.15, 0.2) is 6.04 Å². The Balaban J connectivity index is 1.24. The zero-order valence-electron chi connectivity index (χ0n) is 18.6. The number of hydrogen-bond donors (Lipinski definition) is 2. The van der Waals surface area contributed by atoms with Crippen molar-refractivity contribution in [3.05, 3.63) is 81.5 Å². The summed E-state index contributed by atoms with van der Waals surface area (Å²) < 4.78 is 5.53. The minimum absolute atomic E-state index is 0.0837. The standard InChI is InChI=1S/C26H24N2O5S/c1-15(24(29)28-12-10-22-20(11-13-34-22)23(28)25(30)31)27-26(32)33-14-21-18-8-4-2-6-16(18)17-7-3-5-9-19(17)21/h2-9,11,13,15,21,23H,10,12,14H2,1H3,(H,27,32)(H,30,31). The van der Waals surface area contributed by atoms with Crippen molar-refractivity contribution in [1.29, 1.82) is 0 Å². The third kappa shape index (κ3) is 3.84. The lowest BCUT2D eigenvalue weighted by Crippen LogP contribution is -2.51. The molecule has 5 rings (SSSR count). The van der Waals surface area contributed by atoms with E-state index in [4.69, 9.17) is 4.74 Å². The first-order valence-corrected chi connectivity index (χ1v) is 12.0. The van der Waals surface area contributed by atoms with Crippen LogP contribution in [0, 0.1) is 0 Å². The highest BCUT2D eigenvalue weighted by Gasteiger charge is 2.38. The molecule has 1 aromatic heterocycles. The Hall–Kier alpha value is -3.65. The molecule has 3 aromatic rings. The van der Waals surface area contributed by atoms with Gasteiger partial charge in [0.2, 0.25) is 5.91 Å². The van der Waals surface area contributed by atoms with Crippen LogP contribution in [0.25, 0.3) is 11.1 Å². The average molecular weight is 477 g/mol. The van der Waals surface area contributed by atoms with Gasteiger partial charge in [-0.3, -0.25) is 4.79 Å². The molecule has 2 amide bonds. The van der Waals surface area contributed by atoms with E-state index in [0.29, 0.717) is 18.5 Å². The van der Waals surface area contributed by atoms with Crippen molar-refractivity contribution in [2.45, 2.75) is 31.3 Å². The van der Waals surface area contributed by atoms with Crippen LogP contribution in [-0.4, -0.2) is 47.2 Å². The molecule has 1 aliphatic heterocycles. The third-order valence-electron chi connectivity index (χ3n) is 6.53. The monoisotopic (exact) mass is 476 g/mol. The number of rotatable bonds is 5. The summed E-state index contributed by atoms with van der Waals surface area (Å²) >= 11 is 1.50. The van der Waals surface area contributed by atoms with Crippen molar-refractivity contribution >= 4 is 29.3 Å². The van der Waals surface area contributed by atoms with Gasteiger partial charge in [-0.1, -0.05) is 48.5 Å². The van der Waals surface area contributed by atoms with Crippen LogP contribution in [-0.2, 0) is 20.7 Å². The maximum absolute atomic E-state index is 13.1. The van der Waals surface area contributed by atoms with Crippen LogP contribution in [0.4, 0.5) is 4.79 Å². The van der Waals surface area contributed by atoms with E-state index in [0.717, 1.165) is 27.1 Å². The topological polar surface area (TPSA) is 95.9 Å². The Morgan fingerprint density at radius 3 is 2.35 bits per heavy atom. The van der Waals surface area contributed by atoms with Gasteiger partial charge in [-0.2, -0.15) is 0 Å². The first-order chi connectivity index (χ1) is 16.5. The van der Waals surface area contributed by atoms with Gasteiger partial charge in [-0.05, 0) is 52.6 Å². The lowest BCUT2D eigenvalue weighted by molar-refractivity contribution is -0.151. The van der Waals surface area contributed by atoms with Crippen molar-refractivity contribution in [2.75, 3.05) is 13.2 Å². The number of hydrogen-bond acceptors (Lipinski definition) is 5. The van der Waals surface area contributed by atoms with Gasteiger partial charge < -0.3 is 20.1 Å². The van der Waals surface area contributed by atoms with Crippen molar-refractivity contribution < 1.29 is 24.2 Å². The van der Waals surface area contributed by atoms with Crippen molar-refractivity contribution in [2.24, 2.45) is 0 Å². The number of thiophene rings is 1. The van der Waals surface area contributed by atoms with E-state index in [-0.39, 0.29) is 12.5 Å². The summed E-state index contributed by atoms with van der Waals surface area (Å²) in [4.78, 5) is 39.9. The van der Waals surface area contributed by atoms with Crippen LogP contribution < -0.4 is 5.32 Å². The van der Waals surface area contributed by atoms with E-state index in [1.807, 2.05) is 41.8 Å². The van der Waals surface area contributed by atoms with E-state index in [1.54, 1.807) is 13.0 Å². The number of carbonyl (C=O) groups excluding carboxylic acids is 2. The summed E-state index contributed by atoms with van der Waals surface area (Å²) in [5.41, 5.74) is 5.11. The summed E-state index contributed by atoms with van der Waals surface area (Å²) in [6.07, 6.45) is -0.108. The third-order valence-corrected chi connectivity index (χ3v) is 7.53. The Labute approximate surface area is 201 Å². The van der Waals surface area contributed by atoms with Crippen LogP contribution >= 0.6 is 11.3 Å². The van der Waals surface area contributed by atoms with Gasteiger partial charge in [-0.25, -0.2) is 9.59 Å². The normalized spacial score (nSPS) is 17.3. The minimum atomic E-state index is -1.08. The maximum atomic E-state index is 13.1. The molecule has 7 nitrogen and oxygen atoms in total. The molecule has 0 radical (unpaired) electrons. The molecular formula is C26H24N2O5S. The fourth-order valence-electron chi connectivity index (χ4n) is 4.95. The number of carbonyl (C=O) groups is 3. The summed E-state index contributed by atoms with van der Waals surface area (Å²) in [7, 11) is 0. The number of fused-ring (bicyclic) bond motifs is 4. The molecule has 0 spiro atoms. The second-order valence-electron chi connectivity index (χ2n) is 8.51. The fourth-order valence-corrected chi connectivity index (χ4v) is 5.85. The summed E-state index contributed by atoms with van der Waals surface area (Å²) in [6, 6.07) is 15.9. The zero-order valence-corrected chi connectivity index (χ0v) is 19.4. The molecule has 0 fully saturated rings. The number of nitrogens with one attached hydrogen (secondary N) is 1. The minimum Gasteiger partial charge on any atom is -0.479 e. The van der Waals surface area contributed by atoms with E-state index in [1.165, 1.54) is 16.2 Å². The zero-order chi connectivity index (χ0) is 23.8. The number of nitrogens with zero attached hydrogens (tertiary/aromatic N) is 1. The van der Waals surface area contributed by atoms with E-state index in [9.17, 15) is 19.5 Å². The number of ether oxygens (including phenoxy) is 1. The molecule has 2 aliphatic rings. The second kappa shape index (κ2) is 8.95. The number of alkyl carbamates (subject to hydrolysis) is 1. The number of amides is 2. The first kappa shape index (κ1) is 22.2. The molecular weight excluding hydrogens is 452 g/mol. The molecule has 2 aromatic carbocycles. The van der Waals surface area contributed by atoms with Crippen LogP contribution in [0.2, 0.25) is 0 Å².